The molecule has 106 valence electrons. The van der Waals surface area contributed by atoms with Crippen LogP contribution in [0.4, 0.5) is 5.69 Å². The van der Waals surface area contributed by atoms with Crippen molar-refractivity contribution in [2.24, 2.45) is 0 Å². The number of nitro benzene ring substituents is 1. The molecule has 0 amide bonds. The Morgan fingerprint density at radius 1 is 1.47 bits per heavy atom. The van der Waals surface area contributed by atoms with Crippen molar-refractivity contribution in [3.8, 4) is 5.75 Å². The Morgan fingerprint density at radius 2 is 2.26 bits per heavy atom. The van der Waals surface area contributed by atoms with E-state index in [2.05, 4.69) is 12.2 Å². The lowest BCUT2D eigenvalue weighted by molar-refractivity contribution is -0.385. The Morgan fingerprint density at radius 3 is 2.89 bits per heavy atom. The van der Waals surface area contributed by atoms with Gasteiger partial charge in [0.15, 0.2) is 5.75 Å². The highest BCUT2D eigenvalue weighted by Crippen LogP contribution is 2.28. The Balaban J connectivity index is 2.66. The van der Waals surface area contributed by atoms with Gasteiger partial charge in [0, 0.05) is 12.6 Å². The van der Waals surface area contributed by atoms with E-state index in [9.17, 15) is 10.1 Å². The van der Waals surface area contributed by atoms with Gasteiger partial charge < -0.3 is 10.1 Å². The van der Waals surface area contributed by atoms with E-state index in [1.165, 1.54) is 6.07 Å². The molecule has 0 aliphatic heterocycles. The third-order valence-electron chi connectivity index (χ3n) is 2.50. The number of nitrogens with one attached hydrogen (secondary N) is 1. The summed E-state index contributed by atoms with van der Waals surface area (Å²) in [6, 6.07) is 4.98. The Bertz CT molecular complexity index is 413. The molecule has 0 atom stereocenters. The van der Waals surface area contributed by atoms with Gasteiger partial charge in [-0.3, -0.25) is 10.1 Å². The summed E-state index contributed by atoms with van der Waals surface area (Å²) in [7, 11) is 1.84. The number of benzene rings is 1. The van der Waals surface area contributed by atoms with E-state index in [4.69, 9.17) is 4.74 Å². The molecule has 1 N–H and O–H groups in total. The summed E-state index contributed by atoms with van der Waals surface area (Å²) in [5, 5.41) is 13.9. The molecule has 0 unspecified atom stereocenters. The summed E-state index contributed by atoms with van der Waals surface area (Å²) in [5.41, 5.74) is 1.01. The van der Waals surface area contributed by atoms with Crippen LogP contribution in [0.25, 0.3) is 0 Å². The first-order valence-electron chi connectivity index (χ1n) is 6.31. The molecule has 0 heterocycles. The summed E-state index contributed by atoms with van der Waals surface area (Å²) in [6.45, 7) is 3.29. The maximum Gasteiger partial charge on any atom is 0.310 e. The second-order valence-electron chi connectivity index (χ2n) is 3.99. The van der Waals surface area contributed by atoms with Crippen LogP contribution in [-0.2, 0) is 6.54 Å². The zero-order valence-corrected chi connectivity index (χ0v) is 12.2. The summed E-state index contributed by atoms with van der Waals surface area (Å²) in [4.78, 5) is 10.5. The minimum Gasteiger partial charge on any atom is -0.487 e. The molecule has 0 spiro atoms. The molecule has 6 heteroatoms. The number of ether oxygens (including phenoxy) is 1. The third-order valence-corrected chi connectivity index (χ3v) is 3.48. The van der Waals surface area contributed by atoms with Gasteiger partial charge in [0.2, 0.25) is 0 Å². The van der Waals surface area contributed by atoms with Gasteiger partial charge in [-0.05, 0) is 36.6 Å². The van der Waals surface area contributed by atoms with E-state index in [0.29, 0.717) is 18.9 Å². The van der Waals surface area contributed by atoms with Crippen LogP contribution < -0.4 is 10.1 Å². The largest absolute Gasteiger partial charge is 0.487 e. The van der Waals surface area contributed by atoms with Gasteiger partial charge in [0.05, 0.1) is 11.5 Å². The first-order valence-corrected chi connectivity index (χ1v) is 7.47. The Kier molecular flexibility index (Phi) is 7.28. The van der Waals surface area contributed by atoms with Crippen LogP contribution in [0, 0.1) is 10.1 Å². The normalized spacial score (nSPS) is 10.4. The minimum atomic E-state index is -0.403. The van der Waals surface area contributed by atoms with Crippen molar-refractivity contribution < 1.29 is 9.66 Å². The van der Waals surface area contributed by atoms with Crippen molar-refractivity contribution in [2.75, 3.05) is 25.2 Å². The van der Waals surface area contributed by atoms with Gasteiger partial charge in [-0.15, -0.1) is 0 Å². The lowest BCUT2D eigenvalue weighted by Crippen LogP contribution is -2.07. The summed E-state index contributed by atoms with van der Waals surface area (Å²) in [6.07, 6.45) is 0.895. The van der Waals surface area contributed by atoms with Crippen LogP contribution >= 0.6 is 11.8 Å². The second kappa shape index (κ2) is 8.77. The zero-order chi connectivity index (χ0) is 14.1. The van der Waals surface area contributed by atoms with E-state index < -0.39 is 4.92 Å². The number of nitro groups is 1. The highest BCUT2D eigenvalue weighted by molar-refractivity contribution is 7.99. The van der Waals surface area contributed by atoms with E-state index in [0.717, 1.165) is 23.5 Å². The van der Waals surface area contributed by atoms with E-state index in [1.54, 1.807) is 12.1 Å². The standard InChI is InChI=1S/C13H20N2O3S/c1-3-19-8-4-7-18-13-9-11(10-14-2)5-6-12(13)15(16)17/h5-6,9,14H,3-4,7-8,10H2,1-2H3. The smallest absolute Gasteiger partial charge is 0.310 e. The molecule has 0 bridgehead atoms. The summed E-state index contributed by atoms with van der Waals surface area (Å²) < 4.78 is 5.55. The van der Waals surface area contributed by atoms with Gasteiger partial charge >= 0.3 is 5.69 Å². The van der Waals surface area contributed by atoms with Crippen LogP contribution in [0.2, 0.25) is 0 Å². The maximum atomic E-state index is 10.9. The van der Waals surface area contributed by atoms with E-state index >= 15 is 0 Å². The highest BCUT2D eigenvalue weighted by Gasteiger charge is 2.15. The highest BCUT2D eigenvalue weighted by atomic mass is 32.2. The first-order chi connectivity index (χ1) is 9.19. The minimum absolute atomic E-state index is 0.0306. The maximum absolute atomic E-state index is 10.9. The number of hydrogen-bond acceptors (Lipinski definition) is 5. The monoisotopic (exact) mass is 284 g/mol. The van der Waals surface area contributed by atoms with Crippen LogP contribution in [0.5, 0.6) is 5.75 Å². The molecule has 0 saturated heterocycles. The zero-order valence-electron chi connectivity index (χ0n) is 11.3. The molecular weight excluding hydrogens is 264 g/mol. The molecule has 0 aromatic heterocycles. The van der Waals surface area contributed by atoms with Crippen LogP contribution in [0.3, 0.4) is 0 Å². The topological polar surface area (TPSA) is 64.4 Å². The molecule has 0 aliphatic carbocycles. The Hall–Kier alpha value is -1.27. The van der Waals surface area contributed by atoms with Crippen LogP contribution in [0.1, 0.15) is 18.9 Å². The number of rotatable bonds is 9. The molecular formula is C13H20N2O3S. The average Bonchev–Trinajstić information content (AvgIpc) is 2.39. The van der Waals surface area contributed by atoms with Gasteiger partial charge in [-0.25, -0.2) is 0 Å². The molecule has 0 saturated carbocycles. The predicted octanol–water partition coefficient (Wildman–Crippen LogP) is 2.84. The number of nitrogens with zero attached hydrogens (tertiary/aromatic N) is 1. The fourth-order valence-corrected chi connectivity index (χ4v) is 2.24. The van der Waals surface area contributed by atoms with Crippen molar-refractivity contribution in [2.45, 2.75) is 19.9 Å². The lowest BCUT2D eigenvalue weighted by Gasteiger charge is -2.08. The SMILES string of the molecule is CCSCCCOc1cc(CNC)ccc1[N+](=O)[O-]. The van der Waals surface area contributed by atoms with Crippen molar-refractivity contribution in [3.05, 3.63) is 33.9 Å². The molecule has 0 aliphatic rings. The van der Waals surface area contributed by atoms with Crippen molar-refractivity contribution >= 4 is 17.4 Å². The summed E-state index contributed by atoms with van der Waals surface area (Å²) >= 11 is 1.84. The third kappa shape index (κ3) is 5.48. The van der Waals surface area contributed by atoms with Gasteiger partial charge in [-0.2, -0.15) is 11.8 Å². The molecule has 0 radical (unpaired) electrons. The molecule has 5 nitrogen and oxygen atoms in total. The van der Waals surface area contributed by atoms with E-state index in [1.807, 2.05) is 18.8 Å². The van der Waals surface area contributed by atoms with Crippen LogP contribution in [-0.4, -0.2) is 30.1 Å². The number of hydrogen-bond donors (Lipinski definition) is 1. The molecule has 1 aromatic rings. The van der Waals surface area contributed by atoms with Crippen molar-refractivity contribution in [1.29, 1.82) is 0 Å². The molecule has 0 fully saturated rings. The van der Waals surface area contributed by atoms with Crippen LogP contribution in [0.15, 0.2) is 18.2 Å². The van der Waals surface area contributed by atoms with Crippen molar-refractivity contribution in [1.82, 2.24) is 5.32 Å². The fourth-order valence-electron chi connectivity index (χ4n) is 1.63. The van der Waals surface area contributed by atoms with E-state index in [-0.39, 0.29) is 5.69 Å². The lowest BCUT2D eigenvalue weighted by atomic mass is 10.2. The predicted molar refractivity (Wildman–Crippen MR) is 79.0 cm³/mol. The quantitative estimate of drug-likeness (QED) is 0.429. The first kappa shape index (κ1) is 15.8. The molecule has 1 aromatic carbocycles. The Labute approximate surface area is 117 Å². The van der Waals surface area contributed by atoms with Gasteiger partial charge in [0.25, 0.3) is 0 Å². The van der Waals surface area contributed by atoms with Gasteiger partial charge in [0.1, 0.15) is 0 Å². The number of thioether (sulfide) groups is 1. The average molecular weight is 284 g/mol. The van der Waals surface area contributed by atoms with Gasteiger partial charge in [-0.1, -0.05) is 13.0 Å². The fraction of sp³-hybridized carbons (Fsp3) is 0.538. The summed E-state index contributed by atoms with van der Waals surface area (Å²) in [5.74, 6) is 2.46. The molecule has 1 rings (SSSR count). The van der Waals surface area contributed by atoms with Crippen molar-refractivity contribution in [3.63, 3.8) is 0 Å². The second-order valence-corrected chi connectivity index (χ2v) is 5.38. The molecule has 19 heavy (non-hydrogen) atoms.